The Balaban J connectivity index is 1.36. The molecule has 196 valence electrons. The van der Waals surface area contributed by atoms with E-state index in [0.29, 0.717) is 63.1 Å². The molecule has 0 saturated carbocycles. The normalized spacial score (nSPS) is 15.5. The summed E-state index contributed by atoms with van der Waals surface area (Å²) in [5.41, 5.74) is 13.0. The van der Waals surface area contributed by atoms with Crippen LogP contribution in [0, 0.1) is 5.92 Å². The van der Waals surface area contributed by atoms with E-state index in [1.54, 1.807) is 12.1 Å². The van der Waals surface area contributed by atoms with Crippen LogP contribution in [0.25, 0.3) is 0 Å². The lowest BCUT2D eigenvalue weighted by Gasteiger charge is -2.17. The second-order valence-corrected chi connectivity index (χ2v) is 9.59. The number of carbonyl (C=O) groups is 2. The number of nitrogen functional groups attached to an aromatic ring is 2. The van der Waals surface area contributed by atoms with Crippen LogP contribution in [-0.4, -0.2) is 63.7 Å². The highest BCUT2D eigenvalue weighted by atomic mass is 35.5. The molecule has 1 saturated heterocycles. The largest absolute Gasteiger partial charge is 0.496 e. The molecule has 0 bridgehead atoms. The summed E-state index contributed by atoms with van der Waals surface area (Å²) >= 11 is 12.1. The topological polar surface area (TPSA) is 132 Å². The lowest BCUT2D eigenvalue weighted by Crippen LogP contribution is -2.31. The molecule has 0 spiro atoms. The molecule has 1 aliphatic rings. The van der Waals surface area contributed by atoms with Crippen LogP contribution < -0.4 is 31.6 Å². The van der Waals surface area contributed by atoms with Crippen molar-refractivity contribution >= 4 is 46.4 Å². The number of ether oxygens (including phenoxy) is 2. The number of hydrogen-bond donors (Lipinski definition) is 4. The van der Waals surface area contributed by atoms with Gasteiger partial charge in [0.1, 0.15) is 11.5 Å². The van der Waals surface area contributed by atoms with E-state index in [9.17, 15) is 9.59 Å². The Hall–Kier alpha value is -2.88. The lowest BCUT2D eigenvalue weighted by molar-refractivity contribution is 0.0937. The Morgan fingerprint density at radius 1 is 0.944 bits per heavy atom. The summed E-state index contributed by atoms with van der Waals surface area (Å²) in [5.74, 6) is 0.674. The van der Waals surface area contributed by atoms with Crippen molar-refractivity contribution in [2.45, 2.75) is 19.3 Å². The lowest BCUT2D eigenvalue weighted by atomic mass is 10.1. The maximum Gasteiger partial charge on any atom is 0.255 e. The van der Waals surface area contributed by atoms with E-state index in [4.69, 9.17) is 44.1 Å². The second kappa shape index (κ2) is 12.9. The average molecular weight is 538 g/mol. The number of halogens is 2. The molecule has 0 aliphatic carbocycles. The molecule has 2 aromatic rings. The molecular formula is C25H33Cl2N5O4. The fourth-order valence-electron chi connectivity index (χ4n) is 4.20. The number of likely N-dealkylation sites (tertiary alicyclic amines) is 1. The highest BCUT2D eigenvalue weighted by Gasteiger charge is 2.23. The van der Waals surface area contributed by atoms with Crippen LogP contribution in [-0.2, 0) is 0 Å². The number of benzene rings is 2. The predicted molar refractivity (Wildman–Crippen MR) is 143 cm³/mol. The van der Waals surface area contributed by atoms with Gasteiger partial charge >= 0.3 is 0 Å². The Morgan fingerprint density at radius 2 is 1.50 bits per heavy atom. The molecule has 0 aromatic heterocycles. The van der Waals surface area contributed by atoms with Crippen molar-refractivity contribution in [1.82, 2.24) is 15.5 Å². The number of anilines is 2. The second-order valence-electron chi connectivity index (χ2n) is 8.78. The Labute approximate surface area is 221 Å². The Kier molecular flexibility index (Phi) is 9.92. The van der Waals surface area contributed by atoms with Gasteiger partial charge in [0.05, 0.1) is 46.8 Å². The van der Waals surface area contributed by atoms with Crippen LogP contribution in [0.4, 0.5) is 11.4 Å². The van der Waals surface area contributed by atoms with Crippen molar-refractivity contribution in [2.75, 3.05) is 58.4 Å². The summed E-state index contributed by atoms with van der Waals surface area (Å²) in [4.78, 5) is 27.5. The van der Waals surface area contributed by atoms with Crippen LogP contribution in [0.1, 0.15) is 40.0 Å². The van der Waals surface area contributed by atoms with Crippen LogP contribution in [0.5, 0.6) is 11.5 Å². The van der Waals surface area contributed by atoms with Gasteiger partial charge < -0.3 is 36.5 Å². The third-order valence-corrected chi connectivity index (χ3v) is 6.89. The number of rotatable bonds is 11. The van der Waals surface area contributed by atoms with Crippen LogP contribution in [0.3, 0.4) is 0 Å². The van der Waals surface area contributed by atoms with Crippen molar-refractivity contribution in [3.63, 3.8) is 0 Å². The number of unbranched alkanes of at least 4 members (excludes halogenated alkanes) is 1. The smallest absolute Gasteiger partial charge is 0.255 e. The van der Waals surface area contributed by atoms with Gasteiger partial charge in [-0.25, -0.2) is 0 Å². The third kappa shape index (κ3) is 7.09. The summed E-state index contributed by atoms with van der Waals surface area (Å²) in [5, 5.41) is 6.53. The zero-order valence-electron chi connectivity index (χ0n) is 20.5. The number of hydrogen-bond acceptors (Lipinski definition) is 7. The molecule has 1 fully saturated rings. The van der Waals surface area contributed by atoms with E-state index in [2.05, 4.69) is 15.5 Å². The molecular weight excluding hydrogens is 505 g/mol. The number of nitrogens with two attached hydrogens (primary N) is 2. The molecule has 1 heterocycles. The first-order valence-corrected chi connectivity index (χ1v) is 12.5. The first-order valence-electron chi connectivity index (χ1n) is 11.8. The fraction of sp³-hybridized carbons (Fsp3) is 0.440. The van der Waals surface area contributed by atoms with Gasteiger partial charge in [0.2, 0.25) is 0 Å². The predicted octanol–water partition coefficient (Wildman–Crippen LogP) is 3.44. The molecule has 9 nitrogen and oxygen atoms in total. The number of nitrogens with zero attached hydrogens (tertiary/aromatic N) is 1. The Morgan fingerprint density at radius 3 is 2.06 bits per heavy atom. The number of methoxy groups -OCH3 is 2. The van der Waals surface area contributed by atoms with E-state index < -0.39 is 0 Å². The van der Waals surface area contributed by atoms with Gasteiger partial charge in [0, 0.05) is 31.8 Å². The average Bonchev–Trinajstić information content (AvgIpc) is 3.32. The minimum atomic E-state index is -0.246. The van der Waals surface area contributed by atoms with Crippen molar-refractivity contribution in [2.24, 2.45) is 5.92 Å². The zero-order chi connectivity index (χ0) is 26.2. The number of nitrogens with one attached hydrogen (secondary N) is 2. The molecule has 2 aromatic carbocycles. The molecule has 11 heteroatoms. The van der Waals surface area contributed by atoms with Gasteiger partial charge in [-0.2, -0.15) is 0 Å². The summed E-state index contributed by atoms with van der Waals surface area (Å²) in [6.07, 6.45) is 2.79. The van der Waals surface area contributed by atoms with Gasteiger partial charge in [-0.15, -0.1) is 0 Å². The summed E-state index contributed by atoms with van der Waals surface area (Å²) in [6, 6.07) is 6.15. The summed E-state index contributed by atoms with van der Waals surface area (Å²) in [6.45, 7) is 3.93. The number of carbonyl (C=O) groups excluding carboxylic acids is 2. The molecule has 3 rings (SSSR count). The highest BCUT2D eigenvalue weighted by Crippen LogP contribution is 2.30. The fourth-order valence-corrected chi connectivity index (χ4v) is 4.53. The molecule has 0 radical (unpaired) electrons. The maximum atomic E-state index is 12.6. The van der Waals surface area contributed by atoms with E-state index in [1.165, 1.54) is 26.4 Å². The summed E-state index contributed by atoms with van der Waals surface area (Å²) < 4.78 is 10.5. The zero-order valence-corrected chi connectivity index (χ0v) is 22.0. The van der Waals surface area contributed by atoms with Crippen molar-refractivity contribution in [3.8, 4) is 11.5 Å². The van der Waals surface area contributed by atoms with Crippen LogP contribution in [0.15, 0.2) is 24.3 Å². The molecule has 1 atom stereocenters. The Bertz CT molecular complexity index is 1100. The minimum absolute atomic E-state index is 0.234. The van der Waals surface area contributed by atoms with Crippen LogP contribution >= 0.6 is 23.2 Å². The molecule has 6 N–H and O–H groups in total. The maximum absolute atomic E-state index is 12.6. The van der Waals surface area contributed by atoms with E-state index in [0.717, 1.165) is 38.9 Å². The van der Waals surface area contributed by atoms with Gasteiger partial charge in [-0.1, -0.05) is 23.2 Å². The third-order valence-electron chi connectivity index (χ3n) is 6.23. The highest BCUT2D eigenvalue weighted by molar-refractivity contribution is 6.34. The summed E-state index contributed by atoms with van der Waals surface area (Å²) in [7, 11) is 2.97. The van der Waals surface area contributed by atoms with E-state index in [-0.39, 0.29) is 11.8 Å². The van der Waals surface area contributed by atoms with E-state index in [1.807, 2.05) is 0 Å². The van der Waals surface area contributed by atoms with Crippen molar-refractivity contribution in [3.05, 3.63) is 45.4 Å². The van der Waals surface area contributed by atoms with Gasteiger partial charge in [0.15, 0.2) is 0 Å². The molecule has 2 amide bonds. The number of amides is 2. The standard InChI is InChI=1S/C25H33Cl2N5O4/c1-35-22-11-20(28)18(26)9-16(22)24(33)30-6-3-4-7-32-8-5-15(14-32)13-31-25(34)17-10-19(27)21(29)12-23(17)36-2/h9-12,15H,3-8,13-14,28-29H2,1-2H3,(H,30,33)(H,31,34). The first-order chi connectivity index (χ1) is 17.2. The van der Waals surface area contributed by atoms with Gasteiger partial charge in [-0.05, 0) is 50.4 Å². The molecule has 1 unspecified atom stereocenters. The monoisotopic (exact) mass is 537 g/mol. The first kappa shape index (κ1) is 27.7. The molecule has 36 heavy (non-hydrogen) atoms. The van der Waals surface area contributed by atoms with Crippen molar-refractivity contribution in [1.29, 1.82) is 0 Å². The van der Waals surface area contributed by atoms with Crippen molar-refractivity contribution < 1.29 is 19.1 Å². The quantitative estimate of drug-likeness (QED) is 0.255. The SMILES string of the molecule is COc1cc(N)c(Cl)cc1C(=O)NCCCCN1CCC(CNC(=O)c2cc(Cl)c(N)cc2OC)C1. The van der Waals surface area contributed by atoms with Crippen LogP contribution in [0.2, 0.25) is 10.0 Å². The van der Waals surface area contributed by atoms with Gasteiger partial charge in [0.25, 0.3) is 11.8 Å². The van der Waals surface area contributed by atoms with Gasteiger partial charge in [-0.3, -0.25) is 9.59 Å². The molecule has 1 aliphatic heterocycles. The van der Waals surface area contributed by atoms with E-state index >= 15 is 0 Å². The minimum Gasteiger partial charge on any atom is -0.496 e.